The van der Waals surface area contributed by atoms with Crippen molar-refractivity contribution in [2.24, 2.45) is 0 Å². The van der Waals surface area contributed by atoms with Crippen molar-refractivity contribution in [2.75, 3.05) is 18.4 Å². The molecule has 2 aromatic heterocycles. The third-order valence-corrected chi connectivity index (χ3v) is 5.95. The monoisotopic (exact) mass is 480 g/mol. The lowest BCUT2D eigenvalue weighted by Crippen LogP contribution is -2.27. The van der Waals surface area contributed by atoms with Crippen molar-refractivity contribution in [3.8, 4) is 11.8 Å². The van der Waals surface area contributed by atoms with E-state index in [0.717, 1.165) is 37.1 Å². The third kappa shape index (κ3) is 5.99. The summed E-state index contributed by atoms with van der Waals surface area (Å²) in [6.45, 7) is 2.36. The Hall–Kier alpha value is -4.39. The van der Waals surface area contributed by atoms with E-state index in [4.69, 9.17) is 9.47 Å². The molecule has 1 aliphatic rings. The van der Waals surface area contributed by atoms with Crippen LogP contribution in [0.3, 0.4) is 0 Å². The summed E-state index contributed by atoms with van der Waals surface area (Å²) < 4.78 is 12.0. The van der Waals surface area contributed by atoms with Gasteiger partial charge in [0.2, 0.25) is 11.8 Å². The number of carbonyl (C=O) groups is 1. The average Bonchev–Trinajstić information content (AvgIpc) is 3.48. The minimum atomic E-state index is 0.0290. The molecule has 7 nitrogen and oxygen atoms in total. The van der Waals surface area contributed by atoms with Gasteiger partial charge in [0, 0.05) is 30.9 Å². The van der Waals surface area contributed by atoms with E-state index in [2.05, 4.69) is 15.3 Å². The molecule has 1 aliphatic heterocycles. The maximum Gasteiger partial charge on any atom is 0.254 e. The van der Waals surface area contributed by atoms with E-state index >= 15 is 0 Å². The second-order valence-corrected chi connectivity index (χ2v) is 8.60. The third-order valence-electron chi connectivity index (χ3n) is 5.95. The Labute approximate surface area is 210 Å². The highest BCUT2D eigenvalue weighted by atomic mass is 16.5. The fourth-order valence-corrected chi connectivity index (χ4v) is 4.04. The molecule has 1 amide bonds. The zero-order valence-electron chi connectivity index (χ0n) is 20.0. The van der Waals surface area contributed by atoms with E-state index in [9.17, 15) is 4.79 Å². The lowest BCUT2D eigenvalue weighted by Gasteiger charge is -2.16. The fourth-order valence-electron chi connectivity index (χ4n) is 4.04. The zero-order chi connectivity index (χ0) is 24.6. The molecule has 1 fully saturated rings. The molecule has 4 aromatic rings. The van der Waals surface area contributed by atoms with E-state index in [1.165, 1.54) is 0 Å². The number of anilines is 2. The number of nitrogens with zero attached hydrogens (tertiary/aromatic N) is 3. The molecule has 0 unspecified atom stereocenters. The van der Waals surface area contributed by atoms with Crippen LogP contribution in [0.15, 0.2) is 91.1 Å². The first-order valence-corrected chi connectivity index (χ1v) is 12.1. The summed E-state index contributed by atoms with van der Waals surface area (Å²) in [7, 11) is 0. The summed E-state index contributed by atoms with van der Waals surface area (Å²) in [5.74, 6) is 1.42. The fraction of sp³-hybridized carbons (Fsp3) is 0.207. The van der Waals surface area contributed by atoms with Crippen LogP contribution in [0, 0.1) is 0 Å². The van der Waals surface area contributed by atoms with Crippen LogP contribution < -0.4 is 14.8 Å². The molecule has 0 spiro atoms. The molecule has 5 rings (SSSR count). The number of amides is 1. The van der Waals surface area contributed by atoms with Gasteiger partial charge in [0.1, 0.15) is 24.7 Å². The Morgan fingerprint density at radius 1 is 0.833 bits per heavy atom. The summed E-state index contributed by atoms with van der Waals surface area (Å²) in [6.07, 6.45) is 3.74. The van der Waals surface area contributed by atoms with Crippen molar-refractivity contribution in [3.63, 3.8) is 0 Å². The number of carbonyl (C=O) groups excluding carboxylic acids is 1. The molecule has 0 saturated carbocycles. The SMILES string of the molecule is O=C(c1ccnc(Nc2ccc(OCc3ccccc3)nc2OCc2ccccc2)c1)N1CCCC1. The van der Waals surface area contributed by atoms with Crippen molar-refractivity contribution in [1.29, 1.82) is 0 Å². The van der Waals surface area contributed by atoms with Gasteiger partial charge in [-0.2, -0.15) is 4.98 Å². The first-order chi connectivity index (χ1) is 17.7. The van der Waals surface area contributed by atoms with Gasteiger partial charge in [-0.3, -0.25) is 4.79 Å². The number of likely N-dealkylation sites (tertiary alicyclic amines) is 1. The maximum absolute atomic E-state index is 12.8. The first-order valence-electron chi connectivity index (χ1n) is 12.1. The largest absolute Gasteiger partial charge is 0.473 e. The van der Waals surface area contributed by atoms with E-state index in [1.54, 1.807) is 24.4 Å². The Bertz CT molecular complexity index is 1290. The van der Waals surface area contributed by atoms with Gasteiger partial charge in [-0.05, 0) is 42.2 Å². The number of nitrogens with one attached hydrogen (secondary N) is 1. The Morgan fingerprint density at radius 3 is 2.19 bits per heavy atom. The molecule has 0 bridgehead atoms. The molecule has 0 radical (unpaired) electrons. The molecule has 182 valence electrons. The smallest absolute Gasteiger partial charge is 0.254 e. The molecule has 0 aliphatic carbocycles. The Balaban J connectivity index is 1.35. The molecule has 36 heavy (non-hydrogen) atoms. The van der Waals surface area contributed by atoms with E-state index in [0.29, 0.717) is 42.0 Å². The van der Waals surface area contributed by atoms with Gasteiger partial charge in [-0.25, -0.2) is 4.98 Å². The van der Waals surface area contributed by atoms with Gasteiger partial charge in [-0.1, -0.05) is 60.7 Å². The number of hydrogen-bond donors (Lipinski definition) is 1. The minimum Gasteiger partial charge on any atom is -0.473 e. The van der Waals surface area contributed by atoms with Crippen molar-refractivity contribution >= 4 is 17.4 Å². The number of rotatable bonds is 9. The number of pyridine rings is 2. The standard InChI is InChI=1S/C29H28N4O3/c34-29(33-17-7-8-18-33)24-15-16-30-26(19-24)31-25-13-14-27(35-20-22-9-3-1-4-10-22)32-28(25)36-21-23-11-5-2-6-12-23/h1-6,9-16,19H,7-8,17-18,20-21H2,(H,30,31). The van der Waals surface area contributed by atoms with Gasteiger partial charge in [0.25, 0.3) is 5.91 Å². The lowest BCUT2D eigenvalue weighted by molar-refractivity contribution is 0.0792. The van der Waals surface area contributed by atoms with Gasteiger partial charge < -0.3 is 19.7 Å². The zero-order valence-corrected chi connectivity index (χ0v) is 20.0. The van der Waals surface area contributed by atoms with E-state index in [1.807, 2.05) is 71.6 Å². The van der Waals surface area contributed by atoms with Crippen LogP contribution in [0.1, 0.15) is 34.3 Å². The summed E-state index contributed by atoms with van der Waals surface area (Å²) in [6, 6.07) is 27.0. The predicted octanol–water partition coefficient (Wildman–Crippen LogP) is 5.61. The summed E-state index contributed by atoms with van der Waals surface area (Å²) >= 11 is 0. The van der Waals surface area contributed by atoms with Gasteiger partial charge in [0.05, 0.1) is 0 Å². The predicted molar refractivity (Wildman–Crippen MR) is 138 cm³/mol. The Morgan fingerprint density at radius 2 is 1.50 bits per heavy atom. The maximum atomic E-state index is 12.8. The first kappa shape index (κ1) is 23.4. The highest BCUT2D eigenvalue weighted by Gasteiger charge is 2.20. The van der Waals surface area contributed by atoms with Crippen molar-refractivity contribution in [3.05, 3.63) is 108 Å². The normalized spacial score (nSPS) is 12.8. The van der Waals surface area contributed by atoms with Crippen LogP contribution >= 0.6 is 0 Å². The van der Waals surface area contributed by atoms with Gasteiger partial charge in [-0.15, -0.1) is 0 Å². The van der Waals surface area contributed by atoms with Crippen LogP contribution in [-0.2, 0) is 13.2 Å². The number of aromatic nitrogens is 2. The number of benzene rings is 2. The van der Waals surface area contributed by atoms with Gasteiger partial charge >= 0.3 is 0 Å². The van der Waals surface area contributed by atoms with Crippen LogP contribution in [0.4, 0.5) is 11.5 Å². The molecule has 0 atom stereocenters. The highest BCUT2D eigenvalue weighted by molar-refractivity contribution is 5.95. The Kier molecular flexibility index (Phi) is 7.37. The summed E-state index contributed by atoms with van der Waals surface area (Å²) in [5, 5.41) is 3.27. The molecule has 1 N–H and O–H groups in total. The molecule has 2 aromatic carbocycles. The second-order valence-electron chi connectivity index (χ2n) is 8.60. The van der Waals surface area contributed by atoms with Crippen LogP contribution in [0.2, 0.25) is 0 Å². The van der Waals surface area contributed by atoms with E-state index < -0.39 is 0 Å². The molecule has 7 heteroatoms. The summed E-state index contributed by atoms with van der Waals surface area (Å²) in [5.41, 5.74) is 3.32. The lowest BCUT2D eigenvalue weighted by atomic mass is 10.2. The summed E-state index contributed by atoms with van der Waals surface area (Å²) in [4.78, 5) is 23.7. The van der Waals surface area contributed by atoms with Crippen molar-refractivity contribution < 1.29 is 14.3 Å². The molecular formula is C29H28N4O3. The van der Waals surface area contributed by atoms with Crippen LogP contribution in [0.25, 0.3) is 0 Å². The number of ether oxygens (including phenoxy) is 2. The molecule has 3 heterocycles. The highest BCUT2D eigenvalue weighted by Crippen LogP contribution is 2.29. The van der Waals surface area contributed by atoms with Crippen molar-refractivity contribution in [1.82, 2.24) is 14.9 Å². The van der Waals surface area contributed by atoms with Crippen molar-refractivity contribution in [2.45, 2.75) is 26.1 Å². The van der Waals surface area contributed by atoms with Gasteiger partial charge in [0.15, 0.2) is 0 Å². The number of hydrogen-bond acceptors (Lipinski definition) is 6. The van der Waals surface area contributed by atoms with E-state index in [-0.39, 0.29) is 5.91 Å². The quantitative estimate of drug-likeness (QED) is 0.335. The van der Waals surface area contributed by atoms with Crippen LogP contribution in [-0.4, -0.2) is 33.9 Å². The topological polar surface area (TPSA) is 76.6 Å². The second kappa shape index (κ2) is 11.4. The molecular weight excluding hydrogens is 452 g/mol. The molecule has 1 saturated heterocycles. The van der Waals surface area contributed by atoms with Crippen LogP contribution in [0.5, 0.6) is 11.8 Å². The average molecular weight is 481 g/mol. The minimum absolute atomic E-state index is 0.0290.